The van der Waals surface area contributed by atoms with Crippen LogP contribution in [0.2, 0.25) is 0 Å². The fourth-order valence-corrected chi connectivity index (χ4v) is 1.53. The van der Waals surface area contributed by atoms with Gasteiger partial charge < -0.3 is 0 Å². The van der Waals surface area contributed by atoms with Gasteiger partial charge in [0.25, 0.3) is 5.91 Å². The molecule has 0 aliphatic rings. The van der Waals surface area contributed by atoms with E-state index in [-0.39, 0.29) is 5.91 Å². The van der Waals surface area contributed by atoms with Crippen molar-refractivity contribution in [1.29, 1.82) is 0 Å². The second kappa shape index (κ2) is 5.07. The van der Waals surface area contributed by atoms with Gasteiger partial charge in [0.15, 0.2) is 0 Å². The molecule has 0 unspecified atom stereocenters. The molecule has 2 aromatic carbocycles. The molecule has 17 heavy (non-hydrogen) atoms. The molecular weight excluding hydrogens is 214 g/mol. The minimum Gasteiger partial charge on any atom is -0.278 e. The highest BCUT2D eigenvalue weighted by Gasteiger charge is 2.15. The number of hydrogen-bond donors (Lipinski definition) is 0. The van der Waals surface area contributed by atoms with E-state index >= 15 is 0 Å². The lowest BCUT2D eigenvalue weighted by molar-refractivity contribution is -0.106. The van der Waals surface area contributed by atoms with Crippen LogP contribution in [-0.4, -0.2) is 12.3 Å². The maximum Gasteiger partial charge on any atom is 0.264 e. The maximum atomic E-state index is 12.1. The van der Waals surface area contributed by atoms with E-state index in [2.05, 4.69) is 0 Å². The highest BCUT2D eigenvalue weighted by molar-refractivity contribution is 6.15. The molecule has 3 nitrogen and oxygen atoms in total. The predicted octanol–water partition coefficient (Wildman–Crippen LogP) is 2.49. The topological polar surface area (TPSA) is 37.4 Å². The van der Waals surface area contributed by atoms with Crippen LogP contribution in [0.15, 0.2) is 60.7 Å². The Hall–Kier alpha value is -2.42. The van der Waals surface area contributed by atoms with Gasteiger partial charge in [-0.2, -0.15) is 0 Å². The Morgan fingerprint density at radius 2 is 1.41 bits per heavy atom. The Labute approximate surface area is 99.3 Å². The summed E-state index contributed by atoms with van der Waals surface area (Å²) < 4.78 is 0. The SMILES string of the molecule is O=CN(C(=O)c1ccccc1)c1ccccc1. The molecule has 0 aliphatic carbocycles. The van der Waals surface area contributed by atoms with Gasteiger partial charge in [-0.1, -0.05) is 36.4 Å². The van der Waals surface area contributed by atoms with Crippen molar-refractivity contribution in [2.45, 2.75) is 0 Å². The first-order valence-electron chi connectivity index (χ1n) is 5.22. The van der Waals surface area contributed by atoms with Gasteiger partial charge in [-0.25, -0.2) is 4.90 Å². The Balaban J connectivity index is 2.32. The maximum absolute atomic E-state index is 12.1. The molecule has 0 spiro atoms. The van der Waals surface area contributed by atoms with E-state index in [0.29, 0.717) is 17.7 Å². The average molecular weight is 225 g/mol. The van der Waals surface area contributed by atoms with Crippen LogP contribution in [-0.2, 0) is 4.79 Å². The number of hydrogen-bond acceptors (Lipinski definition) is 2. The summed E-state index contributed by atoms with van der Waals surface area (Å²) in [5.41, 5.74) is 1.06. The van der Waals surface area contributed by atoms with Gasteiger partial charge in [-0.3, -0.25) is 9.59 Å². The zero-order valence-electron chi connectivity index (χ0n) is 9.11. The number of anilines is 1. The number of carbonyl (C=O) groups is 2. The van der Waals surface area contributed by atoms with Crippen molar-refractivity contribution in [3.8, 4) is 0 Å². The van der Waals surface area contributed by atoms with Crippen LogP contribution in [0.25, 0.3) is 0 Å². The molecule has 0 fully saturated rings. The molecule has 0 bridgehead atoms. The second-order valence-corrected chi connectivity index (χ2v) is 3.48. The summed E-state index contributed by atoms with van der Waals surface area (Å²) in [7, 11) is 0. The molecule has 2 amide bonds. The van der Waals surface area contributed by atoms with Crippen LogP contribution >= 0.6 is 0 Å². The molecule has 0 aromatic heterocycles. The van der Waals surface area contributed by atoms with Crippen LogP contribution < -0.4 is 4.90 Å². The fraction of sp³-hybridized carbons (Fsp3) is 0. The number of benzene rings is 2. The van der Waals surface area contributed by atoms with Gasteiger partial charge in [-0.15, -0.1) is 0 Å². The van der Waals surface area contributed by atoms with E-state index in [1.807, 2.05) is 12.1 Å². The van der Waals surface area contributed by atoms with Crippen molar-refractivity contribution in [3.05, 3.63) is 66.2 Å². The Kier molecular flexibility index (Phi) is 3.31. The smallest absolute Gasteiger partial charge is 0.264 e. The van der Waals surface area contributed by atoms with E-state index in [1.54, 1.807) is 48.5 Å². The van der Waals surface area contributed by atoms with E-state index in [9.17, 15) is 9.59 Å². The zero-order valence-corrected chi connectivity index (χ0v) is 9.11. The first-order chi connectivity index (χ1) is 8.33. The number of amides is 2. The first-order valence-corrected chi connectivity index (χ1v) is 5.22. The molecule has 2 rings (SSSR count). The summed E-state index contributed by atoms with van der Waals surface area (Å²) in [6, 6.07) is 17.6. The lowest BCUT2D eigenvalue weighted by atomic mass is 10.2. The minimum absolute atomic E-state index is 0.327. The monoisotopic (exact) mass is 225 g/mol. The van der Waals surface area contributed by atoms with Gasteiger partial charge in [0.2, 0.25) is 6.41 Å². The highest BCUT2D eigenvalue weighted by atomic mass is 16.2. The van der Waals surface area contributed by atoms with Crippen molar-refractivity contribution < 1.29 is 9.59 Å². The molecule has 0 heterocycles. The summed E-state index contributed by atoms with van der Waals surface area (Å²) in [4.78, 5) is 24.2. The molecule has 0 atom stereocenters. The standard InChI is InChI=1S/C14H11NO2/c16-11-15(13-9-5-2-6-10-13)14(17)12-7-3-1-4-8-12/h1-11H. The van der Waals surface area contributed by atoms with E-state index < -0.39 is 0 Å². The number of para-hydroxylation sites is 1. The van der Waals surface area contributed by atoms with E-state index in [0.717, 1.165) is 4.90 Å². The van der Waals surface area contributed by atoms with Gasteiger partial charge in [0.05, 0.1) is 5.69 Å². The largest absolute Gasteiger partial charge is 0.278 e. The molecule has 3 heteroatoms. The van der Waals surface area contributed by atoms with Crippen molar-refractivity contribution in [1.82, 2.24) is 0 Å². The van der Waals surface area contributed by atoms with Crippen molar-refractivity contribution in [3.63, 3.8) is 0 Å². The quantitative estimate of drug-likeness (QED) is 0.752. The van der Waals surface area contributed by atoms with Crippen LogP contribution in [0.5, 0.6) is 0 Å². The van der Waals surface area contributed by atoms with Crippen LogP contribution in [0.1, 0.15) is 10.4 Å². The summed E-state index contributed by atoms with van der Waals surface area (Å²) in [5.74, 6) is -0.327. The summed E-state index contributed by atoms with van der Waals surface area (Å²) in [5, 5.41) is 0. The third-order valence-corrected chi connectivity index (χ3v) is 2.38. The van der Waals surface area contributed by atoms with Crippen LogP contribution in [0, 0.1) is 0 Å². The number of nitrogens with zero attached hydrogens (tertiary/aromatic N) is 1. The third kappa shape index (κ3) is 2.39. The number of rotatable bonds is 3. The van der Waals surface area contributed by atoms with E-state index in [4.69, 9.17) is 0 Å². The second-order valence-electron chi connectivity index (χ2n) is 3.48. The molecule has 84 valence electrons. The number of carbonyl (C=O) groups excluding carboxylic acids is 2. The zero-order chi connectivity index (χ0) is 12.1. The molecule has 0 aliphatic heterocycles. The van der Waals surface area contributed by atoms with Crippen LogP contribution in [0.3, 0.4) is 0 Å². The summed E-state index contributed by atoms with van der Waals surface area (Å²) in [6.07, 6.45) is 0.532. The summed E-state index contributed by atoms with van der Waals surface area (Å²) >= 11 is 0. The van der Waals surface area contributed by atoms with E-state index in [1.165, 1.54) is 0 Å². The van der Waals surface area contributed by atoms with Gasteiger partial charge in [0.1, 0.15) is 0 Å². The molecule has 2 aromatic rings. The number of imide groups is 1. The van der Waals surface area contributed by atoms with Gasteiger partial charge >= 0.3 is 0 Å². The summed E-state index contributed by atoms with van der Waals surface area (Å²) in [6.45, 7) is 0. The van der Waals surface area contributed by atoms with Crippen molar-refractivity contribution in [2.24, 2.45) is 0 Å². The van der Waals surface area contributed by atoms with Crippen molar-refractivity contribution in [2.75, 3.05) is 4.90 Å². The molecular formula is C14H11NO2. The van der Waals surface area contributed by atoms with Crippen molar-refractivity contribution >= 4 is 18.0 Å². The Bertz CT molecular complexity index is 508. The highest BCUT2D eigenvalue weighted by Crippen LogP contribution is 2.14. The third-order valence-electron chi connectivity index (χ3n) is 2.38. The minimum atomic E-state index is -0.327. The molecule has 0 saturated carbocycles. The first kappa shape index (κ1) is 11.1. The molecule has 0 N–H and O–H groups in total. The molecule has 0 saturated heterocycles. The Morgan fingerprint density at radius 3 is 1.94 bits per heavy atom. The average Bonchev–Trinajstić information content (AvgIpc) is 2.42. The van der Waals surface area contributed by atoms with Crippen LogP contribution in [0.4, 0.5) is 5.69 Å². The Morgan fingerprint density at radius 1 is 0.882 bits per heavy atom. The lowest BCUT2D eigenvalue weighted by Gasteiger charge is -2.15. The fourth-order valence-electron chi connectivity index (χ4n) is 1.53. The lowest BCUT2D eigenvalue weighted by Crippen LogP contribution is -2.29. The van der Waals surface area contributed by atoms with Gasteiger partial charge in [0, 0.05) is 5.56 Å². The predicted molar refractivity (Wildman–Crippen MR) is 65.8 cm³/mol. The molecule has 0 radical (unpaired) electrons. The van der Waals surface area contributed by atoms with Gasteiger partial charge in [-0.05, 0) is 24.3 Å². The normalized spacial score (nSPS) is 9.65.